The highest BCUT2D eigenvalue weighted by atomic mass is 32.2. The zero-order valence-electron chi connectivity index (χ0n) is 19.6. The van der Waals surface area contributed by atoms with Gasteiger partial charge in [-0.15, -0.1) is 0 Å². The van der Waals surface area contributed by atoms with E-state index in [2.05, 4.69) is 15.0 Å². The smallest absolute Gasteiger partial charge is 0.328 e. The van der Waals surface area contributed by atoms with E-state index in [0.717, 1.165) is 16.7 Å². The minimum absolute atomic E-state index is 0.191. The Morgan fingerprint density at radius 3 is 2.53 bits per heavy atom. The monoisotopic (exact) mass is 486 g/mol. The predicted octanol–water partition coefficient (Wildman–Crippen LogP) is 3.62. The Morgan fingerprint density at radius 1 is 1.18 bits per heavy atom. The first kappa shape index (κ1) is 23.6. The third-order valence-electron chi connectivity index (χ3n) is 5.33. The van der Waals surface area contributed by atoms with E-state index in [4.69, 9.17) is 9.15 Å². The highest BCUT2D eigenvalue weighted by Crippen LogP contribution is 2.43. The second-order valence-corrected chi connectivity index (χ2v) is 10.9. The largest absolute Gasteiger partial charge is 0.496 e. The molecule has 0 saturated carbocycles. The molecule has 3 aromatic rings. The number of methoxy groups -OCH3 is 1. The van der Waals surface area contributed by atoms with Gasteiger partial charge in [0.05, 0.1) is 30.3 Å². The van der Waals surface area contributed by atoms with Crippen molar-refractivity contribution >= 4 is 44.4 Å². The molecule has 2 aromatic carbocycles. The lowest BCUT2D eigenvalue weighted by Crippen LogP contribution is -2.50. The Bertz CT molecular complexity index is 1390. The van der Waals surface area contributed by atoms with Gasteiger partial charge < -0.3 is 14.5 Å². The maximum Gasteiger partial charge on any atom is 0.328 e. The number of carbonyl (C=O) groups is 2. The number of benzene rings is 2. The number of anilines is 2. The molecule has 0 atom stereocenters. The van der Waals surface area contributed by atoms with Crippen molar-refractivity contribution in [3.63, 3.8) is 0 Å². The third-order valence-corrected chi connectivity index (χ3v) is 5.94. The number of carbonyl (C=O) groups excluding carboxylic acids is 2. The standard InChI is InChI=1S/C23H26N4O6S/c1-23(2,3)16-12-14(27-19(28)8-9-24-22(27)29)11-15(20(16)32-4)21-25-17-10-13(26-34(5,30)31)6-7-18(17)33-21/h6-7,10-12,26H,8-9H2,1-5H3,(H,24,29). The van der Waals surface area contributed by atoms with Crippen LogP contribution in [0.2, 0.25) is 0 Å². The van der Waals surface area contributed by atoms with Crippen LogP contribution in [0.25, 0.3) is 22.6 Å². The second kappa shape index (κ2) is 8.32. The van der Waals surface area contributed by atoms with E-state index in [9.17, 15) is 18.0 Å². The minimum Gasteiger partial charge on any atom is -0.496 e. The molecule has 1 aromatic heterocycles. The lowest BCUT2D eigenvalue weighted by molar-refractivity contribution is -0.118. The summed E-state index contributed by atoms with van der Waals surface area (Å²) in [5, 5.41) is 2.69. The van der Waals surface area contributed by atoms with Crippen molar-refractivity contribution in [1.82, 2.24) is 10.3 Å². The summed E-state index contributed by atoms with van der Waals surface area (Å²) in [4.78, 5) is 30.8. The van der Waals surface area contributed by atoms with Gasteiger partial charge in [0.25, 0.3) is 0 Å². The van der Waals surface area contributed by atoms with Gasteiger partial charge in [-0.3, -0.25) is 9.52 Å². The van der Waals surface area contributed by atoms with Gasteiger partial charge in [0.1, 0.15) is 11.3 Å². The van der Waals surface area contributed by atoms with Crippen molar-refractivity contribution in [2.75, 3.05) is 29.5 Å². The van der Waals surface area contributed by atoms with E-state index in [1.165, 1.54) is 7.11 Å². The number of fused-ring (bicyclic) bond motifs is 1. The SMILES string of the molecule is COc1c(-c2nc3cc(NS(C)(=O)=O)ccc3o2)cc(N2C(=O)CCNC2=O)cc1C(C)(C)C. The molecule has 1 aliphatic heterocycles. The maximum absolute atomic E-state index is 12.6. The van der Waals surface area contributed by atoms with E-state index >= 15 is 0 Å². The molecular formula is C23H26N4O6S. The van der Waals surface area contributed by atoms with Crippen molar-refractivity contribution in [2.45, 2.75) is 32.6 Å². The van der Waals surface area contributed by atoms with Crippen LogP contribution in [0.5, 0.6) is 5.75 Å². The molecule has 3 amide bonds. The van der Waals surface area contributed by atoms with Crippen LogP contribution >= 0.6 is 0 Å². The van der Waals surface area contributed by atoms with Crippen LogP contribution in [0, 0.1) is 0 Å². The summed E-state index contributed by atoms with van der Waals surface area (Å²) in [6.45, 7) is 6.27. The first-order valence-electron chi connectivity index (χ1n) is 10.6. The van der Waals surface area contributed by atoms with E-state index in [1.54, 1.807) is 30.3 Å². The molecule has 1 fully saturated rings. The molecule has 0 unspecified atom stereocenters. The summed E-state index contributed by atoms with van der Waals surface area (Å²) < 4.78 is 37.3. The van der Waals surface area contributed by atoms with Gasteiger partial charge in [-0.05, 0) is 35.7 Å². The Hall–Kier alpha value is -3.60. The lowest BCUT2D eigenvalue weighted by Gasteiger charge is -2.29. The Kier molecular flexibility index (Phi) is 5.76. The summed E-state index contributed by atoms with van der Waals surface area (Å²) in [5.74, 6) is 0.400. The number of hydrogen-bond acceptors (Lipinski definition) is 7. The highest BCUT2D eigenvalue weighted by Gasteiger charge is 2.32. The van der Waals surface area contributed by atoms with Gasteiger partial charge in [-0.25, -0.2) is 23.1 Å². The summed E-state index contributed by atoms with van der Waals surface area (Å²) in [5.41, 5.74) is 2.42. The molecule has 1 aliphatic rings. The number of rotatable bonds is 5. The number of amides is 3. The van der Waals surface area contributed by atoms with E-state index < -0.39 is 21.5 Å². The Morgan fingerprint density at radius 2 is 1.91 bits per heavy atom. The van der Waals surface area contributed by atoms with Crippen LogP contribution < -0.4 is 19.7 Å². The molecule has 0 radical (unpaired) electrons. The zero-order valence-corrected chi connectivity index (χ0v) is 20.4. The first-order valence-corrected chi connectivity index (χ1v) is 12.5. The molecule has 2 N–H and O–H groups in total. The van der Waals surface area contributed by atoms with Gasteiger partial charge in [0.15, 0.2) is 5.58 Å². The number of ether oxygens (including phenoxy) is 1. The fourth-order valence-electron chi connectivity index (χ4n) is 3.84. The summed E-state index contributed by atoms with van der Waals surface area (Å²) in [6, 6.07) is 7.65. The van der Waals surface area contributed by atoms with Crippen LogP contribution in [-0.2, 0) is 20.2 Å². The van der Waals surface area contributed by atoms with Crippen molar-refractivity contribution < 1.29 is 27.2 Å². The Labute approximate surface area is 197 Å². The normalized spacial score (nSPS) is 14.9. The Balaban J connectivity index is 1.91. The average molecular weight is 487 g/mol. The van der Waals surface area contributed by atoms with Gasteiger partial charge in [0, 0.05) is 18.5 Å². The maximum atomic E-state index is 12.6. The van der Waals surface area contributed by atoms with Crippen LogP contribution in [-0.4, -0.2) is 45.3 Å². The van der Waals surface area contributed by atoms with Gasteiger partial charge in [-0.1, -0.05) is 20.8 Å². The number of oxazole rings is 1. The zero-order chi connectivity index (χ0) is 24.8. The molecule has 11 heteroatoms. The van der Waals surface area contributed by atoms with Crippen molar-refractivity contribution in [1.29, 1.82) is 0 Å². The number of hydrogen-bond donors (Lipinski definition) is 2. The fraction of sp³-hybridized carbons (Fsp3) is 0.348. The van der Waals surface area contributed by atoms with Gasteiger partial charge >= 0.3 is 6.03 Å². The number of imide groups is 1. The molecule has 0 aliphatic carbocycles. The molecule has 4 rings (SSSR count). The van der Waals surface area contributed by atoms with Crippen LogP contribution in [0.1, 0.15) is 32.8 Å². The van der Waals surface area contributed by atoms with Gasteiger partial charge in [-0.2, -0.15) is 0 Å². The van der Waals surface area contributed by atoms with Crippen molar-refractivity contribution in [3.8, 4) is 17.2 Å². The number of nitrogens with zero attached hydrogens (tertiary/aromatic N) is 2. The molecule has 0 spiro atoms. The van der Waals surface area contributed by atoms with Gasteiger partial charge in [0.2, 0.25) is 21.8 Å². The number of nitrogens with one attached hydrogen (secondary N) is 2. The topological polar surface area (TPSA) is 131 Å². The van der Waals surface area contributed by atoms with E-state index in [-0.39, 0.29) is 24.8 Å². The number of sulfonamides is 1. The second-order valence-electron chi connectivity index (χ2n) is 9.11. The van der Waals surface area contributed by atoms with Crippen LogP contribution in [0.15, 0.2) is 34.7 Å². The molecule has 2 heterocycles. The first-order chi connectivity index (χ1) is 15.9. The highest BCUT2D eigenvalue weighted by molar-refractivity contribution is 7.92. The summed E-state index contributed by atoms with van der Waals surface area (Å²) in [7, 11) is -1.93. The molecule has 180 valence electrons. The van der Waals surface area contributed by atoms with E-state index in [0.29, 0.717) is 33.8 Å². The van der Waals surface area contributed by atoms with Crippen molar-refractivity contribution in [3.05, 3.63) is 35.9 Å². The van der Waals surface area contributed by atoms with Crippen LogP contribution in [0.4, 0.5) is 16.2 Å². The molecule has 0 bridgehead atoms. The number of aromatic nitrogens is 1. The minimum atomic E-state index is -3.46. The summed E-state index contributed by atoms with van der Waals surface area (Å²) >= 11 is 0. The third kappa shape index (κ3) is 4.56. The molecule has 1 saturated heterocycles. The lowest BCUT2D eigenvalue weighted by atomic mass is 9.84. The average Bonchev–Trinajstić information content (AvgIpc) is 3.14. The molecule has 10 nitrogen and oxygen atoms in total. The quantitative estimate of drug-likeness (QED) is 0.563. The molecule has 34 heavy (non-hydrogen) atoms. The summed E-state index contributed by atoms with van der Waals surface area (Å²) in [6.07, 6.45) is 1.25. The fourth-order valence-corrected chi connectivity index (χ4v) is 4.40. The number of urea groups is 1. The van der Waals surface area contributed by atoms with Crippen LogP contribution in [0.3, 0.4) is 0 Å². The predicted molar refractivity (Wildman–Crippen MR) is 129 cm³/mol. The van der Waals surface area contributed by atoms with E-state index in [1.807, 2.05) is 20.8 Å². The van der Waals surface area contributed by atoms with Crippen molar-refractivity contribution in [2.24, 2.45) is 0 Å². The molecular weight excluding hydrogens is 460 g/mol.